The summed E-state index contributed by atoms with van der Waals surface area (Å²) in [5.41, 5.74) is 0. The number of hydrogen-bond acceptors (Lipinski definition) is 3. The van der Waals surface area contributed by atoms with Crippen molar-refractivity contribution in [2.24, 2.45) is 0 Å². The number of hydrogen-bond donors (Lipinski definition) is 2. The summed E-state index contributed by atoms with van der Waals surface area (Å²) in [5, 5.41) is 7.48. The Morgan fingerprint density at radius 2 is 2.11 bits per heavy atom. The third-order valence-corrected chi connectivity index (χ3v) is 4.54. The minimum atomic E-state index is 0.491. The zero-order valence-corrected chi connectivity index (χ0v) is 12.1. The van der Waals surface area contributed by atoms with Crippen molar-refractivity contribution in [3.05, 3.63) is 0 Å². The SMILES string of the molecule is COC1CCC(NC(C)CC2CCCCCN2)C1. The highest BCUT2D eigenvalue weighted by Crippen LogP contribution is 2.22. The first-order chi connectivity index (χ1) is 8.78. The van der Waals surface area contributed by atoms with Crippen LogP contribution in [0.3, 0.4) is 0 Å². The van der Waals surface area contributed by atoms with Crippen LogP contribution in [0.4, 0.5) is 0 Å². The molecule has 2 N–H and O–H groups in total. The molecule has 3 nitrogen and oxygen atoms in total. The Kier molecular flexibility index (Phi) is 5.93. The van der Waals surface area contributed by atoms with Crippen molar-refractivity contribution in [1.29, 1.82) is 0 Å². The van der Waals surface area contributed by atoms with Gasteiger partial charge < -0.3 is 15.4 Å². The van der Waals surface area contributed by atoms with Crippen molar-refractivity contribution >= 4 is 0 Å². The van der Waals surface area contributed by atoms with Crippen LogP contribution in [0.15, 0.2) is 0 Å². The van der Waals surface area contributed by atoms with Crippen molar-refractivity contribution < 1.29 is 4.74 Å². The molecule has 2 fully saturated rings. The van der Waals surface area contributed by atoms with Gasteiger partial charge in [-0.05, 0) is 52.0 Å². The molecule has 0 amide bonds. The van der Waals surface area contributed by atoms with Crippen LogP contribution in [0, 0.1) is 0 Å². The minimum absolute atomic E-state index is 0.491. The Bertz CT molecular complexity index is 227. The molecule has 3 heteroatoms. The van der Waals surface area contributed by atoms with Gasteiger partial charge in [-0.25, -0.2) is 0 Å². The molecule has 1 aliphatic carbocycles. The van der Waals surface area contributed by atoms with E-state index in [1.807, 2.05) is 7.11 Å². The lowest BCUT2D eigenvalue weighted by Crippen LogP contribution is -2.40. The maximum absolute atomic E-state index is 5.44. The van der Waals surface area contributed by atoms with Crippen molar-refractivity contribution in [3.63, 3.8) is 0 Å². The van der Waals surface area contributed by atoms with Crippen LogP contribution in [0.1, 0.15) is 58.3 Å². The highest BCUT2D eigenvalue weighted by molar-refractivity contribution is 4.84. The predicted octanol–water partition coefficient (Wildman–Crippen LogP) is 2.45. The molecule has 1 saturated heterocycles. The Hall–Kier alpha value is -0.120. The smallest absolute Gasteiger partial charge is 0.0586 e. The lowest BCUT2D eigenvalue weighted by atomic mass is 10.0. The fourth-order valence-corrected chi connectivity index (χ4v) is 3.50. The van der Waals surface area contributed by atoms with Crippen LogP contribution in [0.2, 0.25) is 0 Å². The van der Waals surface area contributed by atoms with E-state index in [1.54, 1.807) is 0 Å². The molecule has 0 radical (unpaired) electrons. The van der Waals surface area contributed by atoms with Crippen LogP contribution >= 0.6 is 0 Å². The molecule has 1 heterocycles. The van der Waals surface area contributed by atoms with Gasteiger partial charge in [-0.15, -0.1) is 0 Å². The van der Waals surface area contributed by atoms with Crippen LogP contribution in [0.25, 0.3) is 0 Å². The van der Waals surface area contributed by atoms with E-state index in [1.165, 1.54) is 57.9 Å². The summed E-state index contributed by atoms with van der Waals surface area (Å²) in [6.45, 7) is 3.55. The van der Waals surface area contributed by atoms with E-state index in [0.29, 0.717) is 18.2 Å². The fraction of sp³-hybridized carbons (Fsp3) is 1.00. The average molecular weight is 254 g/mol. The first-order valence-corrected chi connectivity index (χ1v) is 7.80. The monoisotopic (exact) mass is 254 g/mol. The molecule has 2 rings (SSSR count). The highest BCUT2D eigenvalue weighted by atomic mass is 16.5. The Labute approximate surface area is 112 Å². The molecule has 1 saturated carbocycles. The number of nitrogens with one attached hydrogen (secondary N) is 2. The molecular weight excluding hydrogens is 224 g/mol. The highest BCUT2D eigenvalue weighted by Gasteiger charge is 2.26. The van der Waals surface area contributed by atoms with E-state index in [2.05, 4.69) is 17.6 Å². The predicted molar refractivity (Wildman–Crippen MR) is 75.9 cm³/mol. The van der Waals surface area contributed by atoms with Crippen molar-refractivity contribution in [3.8, 4) is 0 Å². The minimum Gasteiger partial charge on any atom is -0.381 e. The van der Waals surface area contributed by atoms with Crippen molar-refractivity contribution in [1.82, 2.24) is 10.6 Å². The van der Waals surface area contributed by atoms with Gasteiger partial charge in [-0.1, -0.05) is 12.8 Å². The van der Waals surface area contributed by atoms with Gasteiger partial charge in [-0.2, -0.15) is 0 Å². The zero-order chi connectivity index (χ0) is 12.8. The summed E-state index contributed by atoms with van der Waals surface area (Å²) < 4.78 is 5.44. The molecule has 0 spiro atoms. The fourth-order valence-electron chi connectivity index (χ4n) is 3.50. The summed E-state index contributed by atoms with van der Waals surface area (Å²) in [4.78, 5) is 0. The average Bonchev–Trinajstić information content (AvgIpc) is 2.65. The molecule has 0 aromatic rings. The molecule has 4 atom stereocenters. The van der Waals surface area contributed by atoms with Gasteiger partial charge in [-0.3, -0.25) is 0 Å². The second-order valence-corrected chi connectivity index (χ2v) is 6.17. The summed E-state index contributed by atoms with van der Waals surface area (Å²) in [5.74, 6) is 0. The summed E-state index contributed by atoms with van der Waals surface area (Å²) in [7, 11) is 1.84. The summed E-state index contributed by atoms with van der Waals surface area (Å²) in [6.07, 6.45) is 11.0. The number of methoxy groups -OCH3 is 1. The Balaban J connectivity index is 1.66. The van der Waals surface area contributed by atoms with Crippen LogP contribution in [-0.2, 0) is 4.74 Å². The molecule has 0 aromatic carbocycles. The number of ether oxygens (including phenoxy) is 1. The number of rotatable bonds is 5. The van der Waals surface area contributed by atoms with E-state index in [9.17, 15) is 0 Å². The molecule has 4 unspecified atom stereocenters. The summed E-state index contributed by atoms with van der Waals surface area (Å²) in [6, 6.07) is 2.03. The third-order valence-electron chi connectivity index (χ3n) is 4.54. The van der Waals surface area contributed by atoms with Gasteiger partial charge in [0.1, 0.15) is 0 Å². The Morgan fingerprint density at radius 1 is 1.22 bits per heavy atom. The van der Waals surface area contributed by atoms with E-state index in [0.717, 1.165) is 6.04 Å². The maximum Gasteiger partial charge on any atom is 0.0586 e. The van der Waals surface area contributed by atoms with Crippen LogP contribution in [0.5, 0.6) is 0 Å². The van der Waals surface area contributed by atoms with Gasteiger partial charge >= 0.3 is 0 Å². The third kappa shape index (κ3) is 4.52. The molecule has 0 bridgehead atoms. The first-order valence-electron chi connectivity index (χ1n) is 7.80. The van der Waals surface area contributed by atoms with Gasteiger partial charge in [0.25, 0.3) is 0 Å². The van der Waals surface area contributed by atoms with Gasteiger partial charge in [0, 0.05) is 25.2 Å². The molecule has 18 heavy (non-hydrogen) atoms. The molecule has 0 aromatic heterocycles. The van der Waals surface area contributed by atoms with E-state index >= 15 is 0 Å². The van der Waals surface area contributed by atoms with Gasteiger partial charge in [0.15, 0.2) is 0 Å². The van der Waals surface area contributed by atoms with E-state index in [4.69, 9.17) is 4.74 Å². The molecule has 1 aliphatic heterocycles. The van der Waals surface area contributed by atoms with Crippen molar-refractivity contribution in [2.45, 2.75) is 82.5 Å². The van der Waals surface area contributed by atoms with E-state index < -0.39 is 0 Å². The standard InChI is InChI=1S/C15H30N2O/c1-12(10-13-6-4-3-5-9-16-13)17-14-7-8-15(11-14)18-2/h12-17H,3-11H2,1-2H3. The van der Waals surface area contributed by atoms with Gasteiger partial charge in [0.05, 0.1) is 6.10 Å². The topological polar surface area (TPSA) is 33.3 Å². The lowest BCUT2D eigenvalue weighted by Gasteiger charge is -2.24. The van der Waals surface area contributed by atoms with Crippen molar-refractivity contribution in [2.75, 3.05) is 13.7 Å². The largest absolute Gasteiger partial charge is 0.381 e. The van der Waals surface area contributed by atoms with Gasteiger partial charge in [0.2, 0.25) is 0 Å². The zero-order valence-electron chi connectivity index (χ0n) is 12.1. The second-order valence-electron chi connectivity index (χ2n) is 6.17. The second kappa shape index (κ2) is 7.46. The lowest BCUT2D eigenvalue weighted by molar-refractivity contribution is 0.106. The first kappa shape index (κ1) is 14.3. The van der Waals surface area contributed by atoms with Crippen LogP contribution in [-0.4, -0.2) is 37.9 Å². The normalized spacial score (nSPS) is 35.3. The molecule has 2 aliphatic rings. The van der Waals surface area contributed by atoms with Crippen LogP contribution < -0.4 is 10.6 Å². The molecule has 106 valence electrons. The Morgan fingerprint density at radius 3 is 2.89 bits per heavy atom. The van der Waals surface area contributed by atoms with E-state index in [-0.39, 0.29) is 0 Å². The maximum atomic E-state index is 5.44. The summed E-state index contributed by atoms with van der Waals surface area (Å²) >= 11 is 0. The molecular formula is C15H30N2O. The quantitative estimate of drug-likeness (QED) is 0.790.